The van der Waals surface area contributed by atoms with Crippen LogP contribution in [0.1, 0.15) is 36.5 Å². The molecule has 1 heterocycles. The third kappa shape index (κ3) is 4.83. The molecule has 1 aliphatic heterocycles. The van der Waals surface area contributed by atoms with Gasteiger partial charge in [0, 0.05) is 23.8 Å². The van der Waals surface area contributed by atoms with Crippen LogP contribution in [0.25, 0.3) is 11.3 Å². The van der Waals surface area contributed by atoms with Crippen molar-refractivity contribution in [2.24, 2.45) is 0 Å². The first-order chi connectivity index (χ1) is 15.0. The van der Waals surface area contributed by atoms with E-state index < -0.39 is 9.84 Å². The molecule has 4 nitrogen and oxygen atoms in total. The number of sulfone groups is 1. The standard InChI is InChI=1S/C26H26O4S/c1-3-4-17-29-22-13-9-19(10-14-22)24-18-21-7-5-6-8-25(21)30-26(24)20-11-15-23(16-12-20)31(2,27)28/h5-16H,3-4,17-18H2,1-2H3. The molecule has 0 aliphatic carbocycles. The van der Waals surface area contributed by atoms with Crippen LogP contribution in [0, 0.1) is 0 Å². The summed E-state index contributed by atoms with van der Waals surface area (Å²) in [7, 11) is -3.25. The molecule has 0 bridgehead atoms. The van der Waals surface area contributed by atoms with Gasteiger partial charge in [-0.25, -0.2) is 8.42 Å². The minimum absolute atomic E-state index is 0.295. The Labute approximate surface area is 184 Å². The predicted molar refractivity (Wildman–Crippen MR) is 124 cm³/mol. The van der Waals surface area contributed by atoms with E-state index in [9.17, 15) is 8.42 Å². The van der Waals surface area contributed by atoms with E-state index in [0.29, 0.717) is 11.5 Å². The minimum Gasteiger partial charge on any atom is -0.494 e. The monoisotopic (exact) mass is 434 g/mol. The smallest absolute Gasteiger partial charge is 0.175 e. The molecule has 0 atom stereocenters. The van der Waals surface area contributed by atoms with Crippen LogP contribution >= 0.6 is 0 Å². The SMILES string of the molecule is CCCCOc1ccc(C2=C(c3ccc(S(C)(=O)=O)cc3)Oc3ccccc3C2)cc1. The first-order valence-electron chi connectivity index (χ1n) is 10.5. The number of hydrogen-bond donors (Lipinski definition) is 0. The van der Waals surface area contributed by atoms with E-state index in [1.54, 1.807) is 12.1 Å². The number of rotatable bonds is 7. The fourth-order valence-corrected chi connectivity index (χ4v) is 4.23. The highest BCUT2D eigenvalue weighted by atomic mass is 32.2. The molecule has 160 valence electrons. The Morgan fingerprint density at radius 1 is 0.903 bits per heavy atom. The number of ether oxygens (including phenoxy) is 2. The summed E-state index contributed by atoms with van der Waals surface area (Å²) in [6, 6.07) is 23.0. The van der Waals surface area contributed by atoms with Crippen LogP contribution in [0.5, 0.6) is 11.5 Å². The summed E-state index contributed by atoms with van der Waals surface area (Å²) in [4.78, 5) is 0.295. The molecule has 0 aromatic heterocycles. The maximum absolute atomic E-state index is 11.8. The number of fused-ring (bicyclic) bond motifs is 1. The summed E-state index contributed by atoms with van der Waals surface area (Å²) < 4.78 is 35.8. The third-order valence-corrected chi connectivity index (χ3v) is 6.47. The fourth-order valence-electron chi connectivity index (χ4n) is 3.60. The lowest BCUT2D eigenvalue weighted by Gasteiger charge is -2.24. The van der Waals surface area contributed by atoms with Gasteiger partial charge in [0.25, 0.3) is 0 Å². The molecule has 0 spiro atoms. The Balaban J connectivity index is 1.72. The van der Waals surface area contributed by atoms with Gasteiger partial charge >= 0.3 is 0 Å². The average Bonchev–Trinajstić information content (AvgIpc) is 2.78. The summed E-state index contributed by atoms with van der Waals surface area (Å²) in [5.41, 5.74) is 4.09. The van der Waals surface area contributed by atoms with Gasteiger partial charge in [-0.05, 0) is 60.0 Å². The molecule has 3 aromatic rings. The lowest BCUT2D eigenvalue weighted by Crippen LogP contribution is -2.09. The van der Waals surface area contributed by atoms with Crippen molar-refractivity contribution in [3.8, 4) is 11.5 Å². The second kappa shape index (κ2) is 8.98. The molecule has 0 fully saturated rings. The van der Waals surface area contributed by atoms with E-state index in [0.717, 1.165) is 58.8 Å². The minimum atomic E-state index is -3.25. The van der Waals surface area contributed by atoms with Gasteiger partial charge < -0.3 is 9.47 Å². The maximum Gasteiger partial charge on any atom is 0.175 e. The van der Waals surface area contributed by atoms with Crippen LogP contribution in [0.2, 0.25) is 0 Å². The molecule has 0 N–H and O–H groups in total. The Kier molecular flexibility index (Phi) is 6.14. The summed E-state index contributed by atoms with van der Waals surface area (Å²) in [6.45, 7) is 2.86. The molecule has 0 amide bonds. The second-order valence-electron chi connectivity index (χ2n) is 7.72. The van der Waals surface area contributed by atoms with Gasteiger partial charge in [0.2, 0.25) is 0 Å². The second-order valence-corrected chi connectivity index (χ2v) is 9.73. The van der Waals surface area contributed by atoms with Gasteiger partial charge in [0.05, 0.1) is 11.5 Å². The van der Waals surface area contributed by atoms with Crippen LogP contribution in [0.4, 0.5) is 0 Å². The van der Waals surface area contributed by atoms with E-state index in [-0.39, 0.29) is 0 Å². The number of benzene rings is 3. The van der Waals surface area contributed by atoms with Gasteiger partial charge in [0.1, 0.15) is 17.3 Å². The van der Waals surface area contributed by atoms with Crippen LogP contribution in [0.15, 0.2) is 77.7 Å². The first kappa shape index (κ1) is 21.2. The molecule has 4 rings (SSSR count). The highest BCUT2D eigenvalue weighted by Crippen LogP contribution is 2.39. The van der Waals surface area contributed by atoms with Crippen molar-refractivity contribution in [1.29, 1.82) is 0 Å². The van der Waals surface area contributed by atoms with Crippen molar-refractivity contribution in [2.75, 3.05) is 12.9 Å². The quantitative estimate of drug-likeness (QED) is 0.443. The van der Waals surface area contributed by atoms with E-state index in [4.69, 9.17) is 9.47 Å². The van der Waals surface area contributed by atoms with Crippen LogP contribution in [-0.2, 0) is 16.3 Å². The topological polar surface area (TPSA) is 52.6 Å². The Hall–Kier alpha value is -3.05. The number of para-hydroxylation sites is 1. The van der Waals surface area contributed by atoms with E-state index >= 15 is 0 Å². The Morgan fingerprint density at radius 3 is 2.26 bits per heavy atom. The highest BCUT2D eigenvalue weighted by molar-refractivity contribution is 7.90. The molecule has 5 heteroatoms. The Bertz CT molecular complexity index is 1190. The lowest BCUT2D eigenvalue weighted by molar-refractivity contribution is 0.309. The van der Waals surface area contributed by atoms with E-state index in [2.05, 4.69) is 25.1 Å². The average molecular weight is 435 g/mol. The van der Waals surface area contributed by atoms with Crippen molar-refractivity contribution in [3.63, 3.8) is 0 Å². The van der Waals surface area contributed by atoms with E-state index in [1.165, 1.54) is 6.26 Å². The zero-order valence-corrected chi connectivity index (χ0v) is 18.6. The van der Waals surface area contributed by atoms with Gasteiger partial charge in [0.15, 0.2) is 9.84 Å². The van der Waals surface area contributed by atoms with Crippen molar-refractivity contribution in [1.82, 2.24) is 0 Å². The summed E-state index contributed by atoms with van der Waals surface area (Å²) in [6.07, 6.45) is 4.08. The molecule has 31 heavy (non-hydrogen) atoms. The molecule has 0 radical (unpaired) electrons. The normalized spacial score (nSPS) is 13.5. The number of allylic oxidation sites excluding steroid dienone is 1. The molecule has 0 saturated carbocycles. The van der Waals surface area contributed by atoms with E-state index in [1.807, 2.05) is 42.5 Å². The van der Waals surface area contributed by atoms with Gasteiger partial charge in [-0.3, -0.25) is 0 Å². The van der Waals surface area contributed by atoms with Crippen LogP contribution < -0.4 is 9.47 Å². The largest absolute Gasteiger partial charge is 0.494 e. The summed E-state index contributed by atoms with van der Waals surface area (Å²) in [5.74, 6) is 2.43. The zero-order chi connectivity index (χ0) is 21.8. The summed E-state index contributed by atoms with van der Waals surface area (Å²) >= 11 is 0. The van der Waals surface area contributed by atoms with Crippen molar-refractivity contribution in [2.45, 2.75) is 31.1 Å². The fraction of sp³-hybridized carbons (Fsp3) is 0.231. The van der Waals surface area contributed by atoms with Gasteiger partial charge in [-0.15, -0.1) is 0 Å². The molecule has 0 unspecified atom stereocenters. The highest BCUT2D eigenvalue weighted by Gasteiger charge is 2.22. The maximum atomic E-state index is 11.8. The van der Waals surface area contributed by atoms with Crippen molar-refractivity contribution >= 4 is 21.2 Å². The van der Waals surface area contributed by atoms with Gasteiger partial charge in [-0.1, -0.05) is 43.7 Å². The number of unbranched alkanes of at least 4 members (excludes halogenated alkanes) is 1. The number of hydrogen-bond acceptors (Lipinski definition) is 4. The molecule has 1 aliphatic rings. The van der Waals surface area contributed by atoms with Crippen LogP contribution in [-0.4, -0.2) is 21.3 Å². The first-order valence-corrected chi connectivity index (χ1v) is 12.4. The summed E-state index contributed by atoms with van der Waals surface area (Å²) in [5, 5.41) is 0. The molecular formula is C26H26O4S. The Morgan fingerprint density at radius 2 is 1.58 bits per heavy atom. The van der Waals surface area contributed by atoms with Crippen LogP contribution in [0.3, 0.4) is 0 Å². The zero-order valence-electron chi connectivity index (χ0n) is 17.8. The lowest BCUT2D eigenvalue weighted by atomic mass is 9.92. The van der Waals surface area contributed by atoms with Crippen molar-refractivity contribution in [3.05, 3.63) is 89.5 Å². The molecule has 3 aromatic carbocycles. The molecule has 0 saturated heterocycles. The van der Waals surface area contributed by atoms with Gasteiger partial charge in [-0.2, -0.15) is 0 Å². The predicted octanol–water partition coefficient (Wildman–Crippen LogP) is 5.77. The van der Waals surface area contributed by atoms with Crippen molar-refractivity contribution < 1.29 is 17.9 Å². The molecular weight excluding hydrogens is 408 g/mol. The third-order valence-electron chi connectivity index (χ3n) is 5.34.